The van der Waals surface area contributed by atoms with Gasteiger partial charge in [-0.25, -0.2) is 18.1 Å². The molecule has 1 amide bonds. The molecule has 2 heterocycles. The lowest BCUT2D eigenvalue weighted by molar-refractivity contribution is -0.132. The van der Waals surface area contributed by atoms with E-state index in [0.717, 1.165) is 38.4 Å². The van der Waals surface area contributed by atoms with Gasteiger partial charge in [-0.05, 0) is 45.1 Å². The predicted molar refractivity (Wildman–Crippen MR) is 105 cm³/mol. The zero-order valence-electron chi connectivity index (χ0n) is 16.0. The lowest BCUT2D eigenvalue weighted by Gasteiger charge is -2.32. The van der Waals surface area contributed by atoms with Crippen LogP contribution < -0.4 is 10.0 Å². The molecule has 0 atom stereocenters. The maximum absolute atomic E-state index is 12.3. The number of piperidine rings is 1. The molecule has 2 N–H and O–H groups in total. The molecule has 0 spiro atoms. The first-order valence-corrected chi connectivity index (χ1v) is 10.8. The minimum absolute atomic E-state index is 0. The number of aryl methyl sites for hydroxylation is 2. The first-order valence-electron chi connectivity index (χ1n) is 9.36. The molecule has 10 heteroatoms. The van der Waals surface area contributed by atoms with E-state index < -0.39 is 10.0 Å². The maximum atomic E-state index is 12.3. The molecule has 3 rings (SSSR count). The SMILES string of the molecule is Cc1nc(S(=O)(=O)NCCC(=O)N2CCC(NCC3CC3)CC2)cn1C.Cl. The van der Waals surface area contributed by atoms with Crippen molar-refractivity contribution in [3.8, 4) is 0 Å². The Kier molecular flexibility index (Phi) is 7.67. The topological polar surface area (TPSA) is 96.3 Å². The molecule has 1 aliphatic carbocycles. The number of nitrogens with one attached hydrogen (secondary N) is 2. The molecule has 2 fully saturated rings. The number of carbonyl (C=O) groups excluding carboxylic acids is 1. The number of hydrogen-bond acceptors (Lipinski definition) is 5. The van der Waals surface area contributed by atoms with Gasteiger partial charge in [0.05, 0.1) is 0 Å². The summed E-state index contributed by atoms with van der Waals surface area (Å²) >= 11 is 0. The van der Waals surface area contributed by atoms with Crippen LogP contribution >= 0.6 is 12.4 Å². The second kappa shape index (κ2) is 9.36. The van der Waals surface area contributed by atoms with Gasteiger partial charge in [-0.1, -0.05) is 0 Å². The van der Waals surface area contributed by atoms with Crippen molar-refractivity contribution in [3.63, 3.8) is 0 Å². The standard InChI is InChI=1S/C17H29N5O3S.ClH/c1-13-20-16(12-21(13)2)26(24,25)19-8-5-17(23)22-9-6-15(7-10-22)18-11-14-3-4-14;/h12,14-15,18-19H,3-11H2,1-2H3;1H. The number of likely N-dealkylation sites (tertiary alicyclic amines) is 1. The average molecular weight is 420 g/mol. The molecule has 0 radical (unpaired) electrons. The van der Waals surface area contributed by atoms with Crippen molar-refractivity contribution < 1.29 is 13.2 Å². The second-order valence-corrected chi connectivity index (χ2v) is 9.11. The third-order valence-corrected chi connectivity index (χ3v) is 6.56. The Hall–Kier alpha value is -1.16. The van der Waals surface area contributed by atoms with Crippen molar-refractivity contribution in [2.45, 2.75) is 50.1 Å². The van der Waals surface area contributed by atoms with Gasteiger partial charge in [0, 0.05) is 45.3 Å². The summed E-state index contributed by atoms with van der Waals surface area (Å²) in [5.41, 5.74) is 0. The van der Waals surface area contributed by atoms with Gasteiger partial charge >= 0.3 is 0 Å². The molecule has 0 bridgehead atoms. The predicted octanol–water partition coefficient (Wildman–Crippen LogP) is 0.809. The van der Waals surface area contributed by atoms with E-state index in [-0.39, 0.29) is 36.3 Å². The summed E-state index contributed by atoms with van der Waals surface area (Å²) in [6, 6.07) is 0.505. The molecule has 1 aromatic heterocycles. The number of imidazole rings is 1. The van der Waals surface area contributed by atoms with Crippen LogP contribution in [0.2, 0.25) is 0 Å². The van der Waals surface area contributed by atoms with Crippen LogP contribution in [0.1, 0.15) is 37.9 Å². The largest absolute Gasteiger partial charge is 0.343 e. The Balaban J connectivity index is 0.00000261. The molecule has 2 aliphatic rings. The van der Waals surface area contributed by atoms with E-state index in [1.165, 1.54) is 19.0 Å². The molecule has 1 aromatic rings. The Morgan fingerprint density at radius 3 is 2.48 bits per heavy atom. The minimum atomic E-state index is -3.67. The summed E-state index contributed by atoms with van der Waals surface area (Å²) in [4.78, 5) is 18.2. The average Bonchev–Trinajstić information content (AvgIpc) is 3.37. The van der Waals surface area contributed by atoms with Gasteiger partial charge in [-0.2, -0.15) is 0 Å². The molecule has 0 aromatic carbocycles. The van der Waals surface area contributed by atoms with Crippen LogP contribution in [-0.2, 0) is 21.9 Å². The van der Waals surface area contributed by atoms with Gasteiger partial charge in [0.25, 0.3) is 10.0 Å². The normalized spacial score (nSPS) is 18.4. The maximum Gasteiger partial charge on any atom is 0.259 e. The van der Waals surface area contributed by atoms with Crippen molar-refractivity contribution in [1.29, 1.82) is 0 Å². The molecule has 0 unspecified atom stereocenters. The third kappa shape index (κ3) is 6.17. The van der Waals surface area contributed by atoms with Gasteiger partial charge in [0.15, 0.2) is 5.03 Å². The van der Waals surface area contributed by atoms with Crippen molar-refractivity contribution in [2.24, 2.45) is 13.0 Å². The number of rotatable bonds is 8. The quantitative estimate of drug-likeness (QED) is 0.650. The Morgan fingerprint density at radius 2 is 1.93 bits per heavy atom. The van der Waals surface area contributed by atoms with E-state index in [1.54, 1.807) is 18.5 Å². The highest BCUT2D eigenvalue weighted by molar-refractivity contribution is 7.89. The van der Waals surface area contributed by atoms with E-state index in [0.29, 0.717) is 11.9 Å². The number of aromatic nitrogens is 2. The second-order valence-electron chi connectivity index (χ2n) is 7.39. The zero-order chi connectivity index (χ0) is 18.7. The van der Waals surface area contributed by atoms with Crippen LogP contribution in [0.25, 0.3) is 0 Å². The molecule has 8 nitrogen and oxygen atoms in total. The summed E-state index contributed by atoms with van der Waals surface area (Å²) in [7, 11) is -1.93. The highest BCUT2D eigenvalue weighted by Crippen LogP contribution is 2.28. The first kappa shape index (κ1) is 22.1. The summed E-state index contributed by atoms with van der Waals surface area (Å²) in [6.45, 7) is 4.43. The van der Waals surface area contributed by atoms with Crippen molar-refractivity contribution in [3.05, 3.63) is 12.0 Å². The number of hydrogen-bond donors (Lipinski definition) is 2. The van der Waals surface area contributed by atoms with Crippen LogP contribution in [0, 0.1) is 12.8 Å². The minimum Gasteiger partial charge on any atom is -0.343 e. The van der Waals surface area contributed by atoms with Crippen molar-refractivity contribution in [1.82, 2.24) is 24.5 Å². The van der Waals surface area contributed by atoms with Crippen LogP contribution in [0.3, 0.4) is 0 Å². The third-order valence-electron chi connectivity index (χ3n) is 5.23. The van der Waals surface area contributed by atoms with E-state index in [9.17, 15) is 13.2 Å². The van der Waals surface area contributed by atoms with E-state index >= 15 is 0 Å². The molecule has 1 saturated carbocycles. The summed E-state index contributed by atoms with van der Waals surface area (Å²) in [5.74, 6) is 1.50. The van der Waals surface area contributed by atoms with Gasteiger partial charge in [0.2, 0.25) is 5.91 Å². The zero-order valence-corrected chi connectivity index (χ0v) is 17.6. The molecule has 1 saturated heterocycles. The molecule has 1 aliphatic heterocycles. The number of carbonyl (C=O) groups is 1. The first-order chi connectivity index (χ1) is 12.3. The number of sulfonamides is 1. The molecule has 154 valence electrons. The van der Waals surface area contributed by atoms with Gasteiger partial charge in [-0.15, -0.1) is 12.4 Å². The smallest absolute Gasteiger partial charge is 0.259 e. The fourth-order valence-corrected chi connectivity index (χ4v) is 4.24. The monoisotopic (exact) mass is 419 g/mol. The number of amides is 1. The molecular weight excluding hydrogens is 390 g/mol. The lowest BCUT2D eigenvalue weighted by Crippen LogP contribution is -2.46. The highest BCUT2D eigenvalue weighted by Gasteiger charge is 2.26. The fourth-order valence-electron chi connectivity index (χ4n) is 3.17. The summed E-state index contributed by atoms with van der Waals surface area (Å²) in [5, 5.41) is 3.59. The number of halogens is 1. The summed E-state index contributed by atoms with van der Waals surface area (Å²) < 4.78 is 28.5. The van der Waals surface area contributed by atoms with Crippen molar-refractivity contribution >= 4 is 28.3 Å². The van der Waals surface area contributed by atoms with Crippen LogP contribution in [0.4, 0.5) is 0 Å². The Morgan fingerprint density at radius 1 is 1.26 bits per heavy atom. The van der Waals surface area contributed by atoms with Gasteiger partial charge in [0.1, 0.15) is 5.82 Å². The Labute approximate surface area is 167 Å². The highest BCUT2D eigenvalue weighted by atomic mass is 35.5. The van der Waals surface area contributed by atoms with Crippen LogP contribution in [-0.4, -0.2) is 61.0 Å². The molecular formula is C17H30ClN5O3S. The van der Waals surface area contributed by atoms with E-state index in [4.69, 9.17) is 0 Å². The molecule has 27 heavy (non-hydrogen) atoms. The van der Waals surface area contributed by atoms with E-state index in [1.807, 2.05) is 4.90 Å². The van der Waals surface area contributed by atoms with Crippen LogP contribution in [0.5, 0.6) is 0 Å². The Bertz CT molecular complexity index is 720. The van der Waals surface area contributed by atoms with Crippen molar-refractivity contribution in [2.75, 3.05) is 26.2 Å². The van der Waals surface area contributed by atoms with E-state index in [2.05, 4.69) is 15.0 Å². The van der Waals surface area contributed by atoms with Crippen LogP contribution in [0.15, 0.2) is 11.2 Å². The van der Waals surface area contributed by atoms with Gasteiger partial charge < -0.3 is 14.8 Å². The summed E-state index contributed by atoms with van der Waals surface area (Å²) in [6.07, 6.45) is 6.27. The fraction of sp³-hybridized carbons (Fsp3) is 0.765. The number of nitrogens with zero attached hydrogens (tertiary/aromatic N) is 3. The van der Waals surface area contributed by atoms with Gasteiger partial charge in [-0.3, -0.25) is 4.79 Å². The lowest BCUT2D eigenvalue weighted by atomic mass is 10.0.